The average molecular weight is 1400 g/mol. The summed E-state index contributed by atoms with van der Waals surface area (Å²) in [6.45, 7) is 13.0. The largest absolute Gasteiger partial charge is 0.455 e. The number of esters is 4. The van der Waals surface area contributed by atoms with Crippen molar-refractivity contribution in [1.82, 2.24) is 0 Å². The number of aliphatic hydroxyl groups is 8. The van der Waals surface area contributed by atoms with E-state index in [1.807, 2.05) is 0 Å². The van der Waals surface area contributed by atoms with Gasteiger partial charge in [0, 0.05) is 18.9 Å². The molecule has 26 heteroatoms. The Labute approximate surface area is 577 Å². The number of hydrogen-bond acceptors (Lipinski definition) is 26. The summed E-state index contributed by atoms with van der Waals surface area (Å²) >= 11 is 0. The van der Waals surface area contributed by atoms with E-state index < -0.39 is 190 Å². The molecule has 1 unspecified atom stereocenters. The zero-order valence-corrected chi connectivity index (χ0v) is 58.7. The van der Waals surface area contributed by atoms with Crippen molar-refractivity contribution >= 4 is 30.0 Å². The van der Waals surface area contributed by atoms with Crippen LogP contribution in [0.3, 0.4) is 0 Å². The van der Waals surface area contributed by atoms with Crippen molar-refractivity contribution in [1.29, 1.82) is 0 Å². The third kappa shape index (κ3) is 23.3. The lowest BCUT2D eigenvalue weighted by molar-refractivity contribution is -0.400. The number of ether oxygens (including phenoxy) is 14. The fourth-order valence-electron chi connectivity index (χ4n) is 13.4. The van der Waals surface area contributed by atoms with E-state index in [1.165, 1.54) is 33.8 Å². The number of rotatable bonds is 28. The van der Waals surface area contributed by atoms with Gasteiger partial charge in [-0.05, 0) is 71.4 Å². The van der Waals surface area contributed by atoms with Gasteiger partial charge in [0.15, 0.2) is 55.9 Å². The van der Waals surface area contributed by atoms with Crippen molar-refractivity contribution in [3.63, 3.8) is 0 Å². The van der Waals surface area contributed by atoms with E-state index in [2.05, 4.69) is 13.8 Å². The lowest BCUT2D eigenvalue weighted by Gasteiger charge is -2.51. The molecule has 0 aromatic heterocycles. The number of fused-ring (bicyclic) bond motifs is 2. The maximum absolute atomic E-state index is 14.5. The third-order valence-electron chi connectivity index (χ3n) is 19.6. The predicted molar refractivity (Wildman–Crippen MR) is 351 cm³/mol. The summed E-state index contributed by atoms with van der Waals surface area (Å²) in [5.41, 5.74) is 0.660. The highest BCUT2D eigenvalue weighted by Crippen LogP contribution is 2.40. The minimum absolute atomic E-state index is 0.0646. The molecule has 0 aliphatic carbocycles. The molecule has 0 amide bonds. The molecule has 27 atom stereocenters. The molecule has 560 valence electrons. The maximum atomic E-state index is 14.5. The molecule has 6 aliphatic rings. The van der Waals surface area contributed by atoms with Gasteiger partial charge < -0.3 is 107 Å². The Hall–Kier alpha value is -3.88. The van der Waals surface area contributed by atoms with E-state index in [1.54, 1.807) is 44.2 Å². The molecule has 0 bridgehead atoms. The molecule has 1 aromatic rings. The first-order chi connectivity index (χ1) is 47.1. The van der Waals surface area contributed by atoms with Gasteiger partial charge in [-0.1, -0.05) is 167 Å². The van der Waals surface area contributed by atoms with Crippen molar-refractivity contribution in [2.24, 2.45) is 5.92 Å². The van der Waals surface area contributed by atoms with Gasteiger partial charge in [-0.2, -0.15) is 0 Å². The number of hydrogen-bond donors (Lipinski definition) is 8. The summed E-state index contributed by atoms with van der Waals surface area (Å²) in [4.78, 5) is 55.8. The van der Waals surface area contributed by atoms with E-state index in [-0.39, 0.29) is 18.9 Å². The fraction of sp³-hybridized carbons (Fsp3) is 0.833. The minimum atomic E-state index is -1.96. The molecule has 1 aromatic carbocycles. The van der Waals surface area contributed by atoms with Gasteiger partial charge in [-0.15, -0.1) is 0 Å². The Balaban J connectivity index is 1.25. The first kappa shape index (κ1) is 81.4. The second-order valence-corrected chi connectivity index (χ2v) is 27.5. The Morgan fingerprint density at radius 2 is 1.10 bits per heavy atom. The van der Waals surface area contributed by atoms with Crippen LogP contribution in [0.1, 0.15) is 215 Å². The molecule has 6 fully saturated rings. The molecule has 26 nitrogen and oxygen atoms in total. The van der Waals surface area contributed by atoms with Crippen LogP contribution in [-0.4, -0.2) is 231 Å². The number of carbonyl (C=O) groups excluding carboxylic acids is 4. The molecule has 0 radical (unpaired) electrons. The summed E-state index contributed by atoms with van der Waals surface area (Å²) < 4.78 is 89.4. The first-order valence-corrected chi connectivity index (χ1v) is 36.5. The van der Waals surface area contributed by atoms with Crippen molar-refractivity contribution in [3.8, 4) is 0 Å². The highest BCUT2D eigenvalue weighted by molar-refractivity contribution is 5.87. The van der Waals surface area contributed by atoms with Gasteiger partial charge >= 0.3 is 23.9 Å². The molecule has 6 aliphatic heterocycles. The fourth-order valence-corrected chi connectivity index (χ4v) is 13.4. The zero-order chi connectivity index (χ0) is 71.0. The Bertz CT molecular complexity index is 2510. The molecular weight excluding hydrogens is 1280 g/mol. The van der Waals surface area contributed by atoms with Gasteiger partial charge in [0.2, 0.25) is 0 Å². The SMILES string of the molecule is CCCCCCCCCCCC(=O)O[C@H]1[C@H](O[C@@H]2[C@@H](O)[C@H]3OC(=O)CCCCCCCCCC(CCCCC)O[C@@H]4O[C@H](CO)[C@H](O)[C@H](O)[C@H]4O[C@@H]3O[C@H]2C)O[C@@H](C)[C@H](O[C@@H]2O[C@@H](C)[C@H](OC(=O)[C@@H](C)CC)[C@@H](OC(=O)/C=C/c3ccccc3)[C@H]2O)[C@H]1O[C@@H]1O[C@@H](C)[C@H](O)[C@@H](O)[C@H]1O. The highest BCUT2D eigenvalue weighted by atomic mass is 16.8. The maximum Gasteiger partial charge on any atom is 0.331 e. The van der Waals surface area contributed by atoms with E-state index in [4.69, 9.17) is 66.3 Å². The van der Waals surface area contributed by atoms with Gasteiger partial charge in [-0.3, -0.25) is 14.4 Å². The summed E-state index contributed by atoms with van der Waals surface area (Å²) in [7, 11) is 0. The molecule has 6 saturated heterocycles. The van der Waals surface area contributed by atoms with Gasteiger partial charge in [0.05, 0.1) is 43.0 Å². The van der Waals surface area contributed by atoms with E-state index >= 15 is 0 Å². The number of unbranched alkanes of at least 4 members (excludes halogenated alkanes) is 10. The van der Waals surface area contributed by atoms with Crippen molar-refractivity contribution in [2.75, 3.05) is 6.61 Å². The van der Waals surface area contributed by atoms with E-state index in [0.717, 1.165) is 102 Å². The first-order valence-electron chi connectivity index (χ1n) is 36.5. The predicted octanol–water partition coefficient (Wildman–Crippen LogP) is 6.57. The quantitative estimate of drug-likeness (QED) is 0.0190. The van der Waals surface area contributed by atoms with E-state index in [9.17, 15) is 60.0 Å². The molecule has 0 saturated carbocycles. The van der Waals surface area contributed by atoms with Crippen molar-refractivity contribution in [2.45, 2.75) is 369 Å². The molecule has 98 heavy (non-hydrogen) atoms. The van der Waals surface area contributed by atoms with Crippen LogP contribution in [0.5, 0.6) is 0 Å². The van der Waals surface area contributed by atoms with Crippen LogP contribution < -0.4 is 0 Å². The van der Waals surface area contributed by atoms with Crippen LogP contribution in [0, 0.1) is 5.92 Å². The molecule has 7 rings (SSSR count). The van der Waals surface area contributed by atoms with Crippen LogP contribution in [0.15, 0.2) is 36.4 Å². The summed E-state index contributed by atoms with van der Waals surface area (Å²) in [6, 6.07) is 8.88. The summed E-state index contributed by atoms with van der Waals surface area (Å²) in [5, 5.41) is 92.5. The van der Waals surface area contributed by atoms with Crippen LogP contribution >= 0.6 is 0 Å². The summed E-state index contributed by atoms with van der Waals surface area (Å²) in [5.74, 6) is -3.69. The lowest BCUT2D eigenvalue weighted by Crippen LogP contribution is -2.68. The smallest absolute Gasteiger partial charge is 0.331 e. The topological polar surface area (TPSA) is 359 Å². The lowest BCUT2D eigenvalue weighted by atomic mass is 9.95. The summed E-state index contributed by atoms with van der Waals surface area (Å²) in [6.07, 6.45) is -19.8. The Morgan fingerprint density at radius 1 is 0.520 bits per heavy atom. The zero-order valence-electron chi connectivity index (χ0n) is 58.7. The Morgan fingerprint density at radius 3 is 1.79 bits per heavy atom. The van der Waals surface area contributed by atoms with Gasteiger partial charge in [0.25, 0.3) is 0 Å². The highest BCUT2D eigenvalue weighted by Gasteiger charge is 2.59. The van der Waals surface area contributed by atoms with Gasteiger partial charge in [-0.25, -0.2) is 4.79 Å². The van der Waals surface area contributed by atoms with E-state index in [0.29, 0.717) is 50.5 Å². The second kappa shape index (κ2) is 41.4. The standard InChI is InChI=1S/C72H116O26/c1-9-12-14-15-16-17-20-23-31-37-50(75)93-66-65(98-68-56(81)54(79)52(77)42(5)85-68)61(96-69-58(83)62(60(44(7)86-69)94-67(84)41(4)11-3)91-51(76)39-38-46-32-27-25-28-33-46)45(8)88-72(66)95-59-43(6)87-70-64(57(59)82)92-49(74)36-30-24-21-18-19-22-29-35-47(34-26-13-10-2)89-71-63(97-70)55(80)53(78)48(40-73)90-71/h25,27-28,32-33,38-39,41-45,47-48,52-66,68-73,77-83H,9-24,26,29-31,34-37,40H2,1-8H3/b39-38+/t41-,42-,43-,44-,45-,47?,48+,52-,53-,54+,55-,56+,57+,58+,59-,60-,61-,62-,63+,64+,65+,66+,68-,69-,70-,71+,72-/m0/s1. The molecule has 8 N–H and O–H groups in total. The van der Waals surface area contributed by atoms with Crippen LogP contribution in [-0.2, 0) is 85.5 Å². The molecular formula is C72H116O26. The molecule has 0 spiro atoms. The number of carbonyl (C=O) groups is 4. The Kier molecular flexibility index (Phi) is 34.4. The average Bonchev–Trinajstić information content (AvgIpc) is 0.769. The normalized spacial score (nSPS) is 38.3. The van der Waals surface area contributed by atoms with Crippen LogP contribution in [0.2, 0.25) is 0 Å². The number of benzene rings is 1. The monoisotopic (exact) mass is 1400 g/mol. The van der Waals surface area contributed by atoms with Crippen LogP contribution in [0.4, 0.5) is 0 Å². The van der Waals surface area contributed by atoms with Crippen LogP contribution in [0.25, 0.3) is 6.08 Å². The number of aliphatic hydroxyl groups excluding tert-OH is 8. The van der Waals surface area contributed by atoms with Crippen molar-refractivity contribution in [3.05, 3.63) is 42.0 Å². The minimum Gasteiger partial charge on any atom is -0.455 e. The third-order valence-corrected chi connectivity index (χ3v) is 19.6. The van der Waals surface area contributed by atoms with Crippen molar-refractivity contribution < 1.29 is 126 Å². The molecule has 6 heterocycles. The second-order valence-electron chi connectivity index (χ2n) is 27.5. The van der Waals surface area contributed by atoms with Gasteiger partial charge in [0.1, 0.15) is 73.2 Å².